The van der Waals surface area contributed by atoms with Gasteiger partial charge in [0.15, 0.2) is 5.58 Å². The lowest BCUT2D eigenvalue weighted by molar-refractivity contribution is 0.666. The maximum absolute atomic E-state index is 6.64. The van der Waals surface area contributed by atoms with Gasteiger partial charge in [-0.25, -0.2) is 0 Å². The van der Waals surface area contributed by atoms with E-state index in [1.54, 1.807) is 0 Å². The molecule has 2 heterocycles. The van der Waals surface area contributed by atoms with Gasteiger partial charge in [0.1, 0.15) is 5.58 Å². The summed E-state index contributed by atoms with van der Waals surface area (Å²) in [6.45, 7) is 0.660. The van der Waals surface area contributed by atoms with Gasteiger partial charge in [-0.2, -0.15) is 0 Å². The minimum absolute atomic E-state index is 0.660. The van der Waals surface area contributed by atoms with Crippen LogP contribution in [0.25, 0.3) is 116 Å². The van der Waals surface area contributed by atoms with E-state index >= 15 is 0 Å². The van der Waals surface area contributed by atoms with Crippen LogP contribution in [0.1, 0.15) is 5.56 Å². The van der Waals surface area contributed by atoms with Gasteiger partial charge in [-0.05, 0) is 127 Å². The summed E-state index contributed by atoms with van der Waals surface area (Å²) in [4.78, 5) is 2.45. The fourth-order valence-electron chi connectivity index (χ4n) is 11.4. The second-order valence-corrected chi connectivity index (χ2v) is 19.6. The van der Waals surface area contributed by atoms with E-state index < -0.39 is 0 Å². The van der Waals surface area contributed by atoms with Crippen molar-refractivity contribution in [2.45, 2.75) is 6.54 Å². The monoisotopic (exact) mass is 970 g/mol. The topological polar surface area (TPSA) is 21.3 Å². The number of nitrogens with zero attached hydrogens (tertiary/aromatic N) is 2. The van der Waals surface area contributed by atoms with E-state index in [-0.39, 0.29) is 0 Å². The first-order valence-corrected chi connectivity index (χ1v) is 26.1. The van der Waals surface area contributed by atoms with Gasteiger partial charge in [-0.3, -0.25) is 0 Å². The standard InChI is InChI=1S/C73H50N2O/c1-3-16-50(17-4-1)52-32-36-54(37-33-52)56-40-44-61(45-41-56)74(62-46-42-57(43-47-62)55-38-34-53(35-39-55)51-18-5-2-6-19-51)49-60-20-7-8-23-63(60)58-21-13-22-59(48-58)64-26-14-29-69-72(64)67-25-9-11-28-68(67)75(69)70-30-15-27-66-65-24-10-12-31-71(65)76-73(66)70/h1-48H,49H2. The highest BCUT2D eigenvalue weighted by atomic mass is 16.3. The van der Waals surface area contributed by atoms with E-state index in [9.17, 15) is 0 Å². The maximum atomic E-state index is 6.64. The zero-order chi connectivity index (χ0) is 50.4. The molecule has 0 N–H and O–H groups in total. The molecule has 0 saturated carbocycles. The number of aromatic nitrogens is 1. The van der Waals surface area contributed by atoms with Crippen molar-refractivity contribution in [1.82, 2.24) is 4.57 Å². The quantitative estimate of drug-likeness (QED) is 0.129. The molecule has 14 aromatic rings. The van der Waals surface area contributed by atoms with Crippen molar-refractivity contribution in [3.8, 4) is 72.4 Å². The van der Waals surface area contributed by atoms with E-state index in [1.807, 2.05) is 6.07 Å². The Labute approximate surface area is 442 Å². The molecule has 2 aromatic heterocycles. The smallest absolute Gasteiger partial charge is 0.159 e. The van der Waals surface area contributed by atoms with E-state index in [4.69, 9.17) is 4.42 Å². The summed E-state index contributed by atoms with van der Waals surface area (Å²) >= 11 is 0. The van der Waals surface area contributed by atoms with Crippen LogP contribution in [-0.2, 0) is 6.54 Å². The number of furan rings is 1. The highest BCUT2D eigenvalue weighted by Gasteiger charge is 2.21. The van der Waals surface area contributed by atoms with Crippen LogP contribution in [0.2, 0.25) is 0 Å². The predicted molar refractivity (Wildman–Crippen MR) is 319 cm³/mol. The third-order valence-electron chi connectivity index (χ3n) is 15.2. The van der Waals surface area contributed by atoms with Gasteiger partial charge in [0.25, 0.3) is 0 Å². The second-order valence-electron chi connectivity index (χ2n) is 19.6. The molecule has 76 heavy (non-hydrogen) atoms. The van der Waals surface area contributed by atoms with Crippen LogP contribution in [-0.4, -0.2) is 4.57 Å². The molecule has 0 radical (unpaired) electrons. The predicted octanol–water partition coefficient (Wildman–Crippen LogP) is 20.0. The Balaban J connectivity index is 0.830. The van der Waals surface area contributed by atoms with Gasteiger partial charge in [-0.15, -0.1) is 0 Å². The lowest BCUT2D eigenvalue weighted by Crippen LogP contribution is -2.17. The van der Waals surface area contributed by atoms with Gasteiger partial charge < -0.3 is 13.9 Å². The summed E-state index contributed by atoms with van der Waals surface area (Å²) in [6.07, 6.45) is 0. The van der Waals surface area contributed by atoms with Crippen LogP contribution >= 0.6 is 0 Å². The SMILES string of the molecule is c1ccc(-c2ccc(-c3ccc(N(Cc4ccccc4-c4cccc(-c5cccc6c5c5ccccc5n6-c5cccc6c5oc5ccccc56)c4)c4ccc(-c5ccc(-c6ccccc6)cc5)cc4)cc3)cc2)cc1. The first-order chi connectivity index (χ1) is 37.7. The molecular formula is C73H50N2O. The van der Waals surface area contributed by atoms with E-state index in [1.165, 1.54) is 83.1 Å². The minimum atomic E-state index is 0.660. The first kappa shape index (κ1) is 44.7. The first-order valence-electron chi connectivity index (χ1n) is 26.1. The normalized spacial score (nSPS) is 11.5. The van der Waals surface area contributed by atoms with Crippen molar-refractivity contribution < 1.29 is 4.42 Å². The summed E-state index contributed by atoms with van der Waals surface area (Å²) in [6, 6.07) is 105. The van der Waals surface area contributed by atoms with Crippen LogP contribution in [0, 0.1) is 0 Å². The lowest BCUT2D eigenvalue weighted by atomic mass is 9.93. The zero-order valence-corrected chi connectivity index (χ0v) is 41.7. The Morgan fingerprint density at radius 1 is 0.303 bits per heavy atom. The summed E-state index contributed by atoms with van der Waals surface area (Å²) in [5.74, 6) is 0. The van der Waals surface area contributed by atoms with Crippen molar-refractivity contribution in [3.05, 3.63) is 297 Å². The van der Waals surface area contributed by atoms with Crippen molar-refractivity contribution in [2.75, 3.05) is 4.90 Å². The minimum Gasteiger partial charge on any atom is -0.454 e. The Kier molecular flexibility index (Phi) is 11.3. The molecule has 0 saturated heterocycles. The molecule has 0 aliphatic heterocycles. The number of para-hydroxylation sites is 3. The molecular weight excluding hydrogens is 921 g/mol. The average molecular weight is 971 g/mol. The molecule has 0 aliphatic rings. The van der Waals surface area contributed by atoms with Gasteiger partial charge in [0, 0.05) is 39.5 Å². The third kappa shape index (κ3) is 8.12. The van der Waals surface area contributed by atoms with E-state index in [0.29, 0.717) is 6.54 Å². The molecule has 0 unspecified atom stereocenters. The van der Waals surface area contributed by atoms with Crippen molar-refractivity contribution >= 4 is 55.1 Å². The number of hydrogen-bond donors (Lipinski definition) is 0. The van der Waals surface area contributed by atoms with Gasteiger partial charge in [-0.1, -0.05) is 237 Å². The number of anilines is 2. The highest BCUT2D eigenvalue weighted by Crippen LogP contribution is 2.43. The van der Waals surface area contributed by atoms with Crippen LogP contribution < -0.4 is 4.90 Å². The van der Waals surface area contributed by atoms with Gasteiger partial charge >= 0.3 is 0 Å². The number of fused-ring (bicyclic) bond motifs is 6. The van der Waals surface area contributed by atoms with E-state index in [0.717, 1.165) is 50.0 Å². The zero-order valence-electron chi connectivity index (χ0n) is 41.7. The van der Waals surface area contributed by atoms with Crippen molar-refractivity contribution in [1.29, 1.82) is 0 Å². The Hall–Kier alpha value is -9.96. The third-order valence-corrected chi connectivity index (χ3v) is 15.2. The summed E-state index contributed by atoms with van der Waals surface area (Å²) < 4.78 is 9.02. The van der Waals surface area contributed by atoms with Crippen LogP contribution in [0.5, 0.6) is 0 Å². The maximum Gasteiger partial charge on any atom is 0.159 e. The molecule has 0 aliphatic carbocycles. The molecule has 3 heteroatoms. The van der Waals surface area contributed by atoms with Crippen LogP contribution in [0.4, 0.5) is 11.4 Å². The number of benzene rings is 12. The summed E-state index contributed by atoms with van der Waals surface area (Å²) in [5.41, 5.74) is 22.9. The largest absolute Gasteiger partial charge is 0.454 e. The fraction of sp³-hybridized carbons (Fsp3) is 0.0137. The molecule has 358 valence electrons. The van der Waals surface area contributed by atoms with Gasteiger partial charge in [0.05, 0.1) is 16.7 Å². The second kappa shape index (κ2) is 19.1. The average Bonchev–Trinajstić information content (AvgIpc) is 4.17. The molecule has 0 bridgehead atoms. The lowest BCUT2D eigenvalue weighted by Gasteiger charge is -2.27. The molecule has 3 nitrogen and oxygen atoms in total. The Bertz CT molecular complexity index is 4250. The Morgan fingerprint density at radius 2 is 0.724 bits per heavy atom. The van der Waals surface area contributed by atoms with Gasteiger partial charge in [0.2, 0.25) is 0 Å². The fourth-order valence-corrected chi connectivity index (χ4v) is 11.4. The molecule has 0 amide bonds. The number of rotatable bonds is 11. The van der Waals surface area contributed by atoms with Crippen molar-refractivity contribution in [2.24, 2.45) is 0 Å². The molecule has 0 fully saturated rings. The Morgan fingerprint density at radius 3 is 1.34 bits per heavy atom. The van der Waals surface area contributed by atoms with E-state index in [2.05, 4.69) is 295 Å². The summed E-state index contributed by atoms with van der Waals surface area (Å²) in [5, 5.41) is 4.66. The molecule has 0 spiro atoms. The molecule has 12 aromatic carbocycles. The molecule has 14 rings (SSSR count). The van der Waals surface area contributed by atoms with Crippen molar-refractivity contribution in [3.63, 3.8) is 0 Å². The van der Waals surface area contributed by atoms with Crippen LogP contribution in [0.3, 0.4) is 0 Å². The summed E-state index contributed by atoms with van der Waals surface area (Å²) in [7, 11) is 0. The van der Waals surface area contributed by atoms with Crippen LogP contribution in [0.15, 0.2) is 296 Å². The number of hydrogen-bond acceptors (Lipinski definition) is 2. The molecule has 0 atom stereocenters. The highest BCUT2D eigenvalue weighted by molar-refractivity contribution is 6.17.